The summed E-state index contributed by atoms with van der Waals surface area (Å²) in [5.74, 6) is -10.4. The Kier molecular flexibility index (Phi) is 16.8. The van der Waals surface area contributed by atoms with Gasteiger partial charge in [0.15, 0.2) is 0 Å². The maximum absolute atomic E-state index is 10.6. The first-order valence-corrected chi connectivity index (χ1v) is 8.60. The fourth-order valence-electron chi connectivity index (χ4n) is 2.13. The first kappa shape index (κ1) is 37.4. The van der Waals surface area contributed by atoms with Crippen LogP contribution in [0.3, 0.4) is 0 Å². The molecule has 0 heterocycles. The second kappa shape index (κ2) is 15.7. The number of carbonyl (C=O) groups is 6. The third-order valence-corrected chi connectivity index (χ3v) is 4.53. The van der Waals surface area contributed by atoms with Crippen molar-refractivity contribution in [2.45, 2.75) is 9.79 Å². The molecule has 0 saturated carbocycles. The Morgan fingerprint density at radius 3 is 0.714 bits per heavy atom. The fraction of sp³-hybridized carbons (Fsp3) is 0. The number of thiol groups is 2. The largest absolute Gasteiger partial charge is 2.00 e. The molecular weight excluding hydrogens is 668 g/mol. The summed E-state index contributed by atoms with van der Waals surface area (Å²) in [5.41, 5.74) is -3.80. The van der Waals surface area contributed by atoms with Gasteiger partial charge in [0, 0.05) is 32.0 Å². The Labute approximate surface area is 244 Å². The summed E-state index contributed by atoms with van der Waals surface area (Å²) < 4.78 is 0. The molecule has 0 aromatic heterocycles. The molecule has 0 bridgehead atoms. The molecule has 2 aromatic rings. The molecule has 0 radical (unpaired) electrons. The molecule has 168 valence electrons. The van der Waals surface area contributed by atoms with E-state index in [4.69, 9.17) is 0 Å². The van der Waals surface area contributed by atoms with E-state index in [1.165, 1.54) is 0 Å². The summed E-state index contributed by atoms with van der Waals surface area (Å²) in [4.78, 5) is 62.5. The van der Waals surface area contributed by atoms with Crippen molar-refractivity contribution in [3.8, 4) is 0 Å². The Bertz CT molecular complexity index is 1020. The van der Waals surface area contributed by atoms with Crippen LogP contribution in [0.25, 0.3) is 0 Å². The van der Waals surface area contributed by atoms with Gasteiger partial charge in [0.2, 0.25) is 0 Å². The predicted octanol–water partition coefficient (Wildman–Crippen LogP) is -5.88. The molecule has 0 spiro atoms. The molecule has 0 N–H and O–H groups in total. The van der Waals surface area contributed by atoms with Crippen LogP contribution in [0.15, 0.2) is 34.1 Å². The van der Waals surface area contributed by atoms with Crippen molar-refractivity contribution in [2.24, 2.45) is 0 Å². The number of aromatic carboxylic acids is 6. The normalized spacial score (nSPS) is 8.97. The zero-order valence-corrected chi connectivity index (χ0v) is 27.9. The van der Waals surface area contributed by atoms with Crippen LogP contribution in [0, 0.1) is 0 Å². The molecule has 0 aliphatic carbocycles. The molecule has 0 unspecified atom stereocenters. The number of hydrogen-bond acceptors (Lipinski definition) is 14. The van der Waals surface area contributed by atoms with E-state index in [1.54, 1.807) is 0 Å². The summed E-state index contributed by atoms with van der Waals surface area (Å²) in [6.45, 7) is 0. The standard InChI is InChI=1S/2C9H6O6S.3Zn/c2*10-7(11)3-1-4(8(12)13)6(16)5(2-3)9(14)15;;;/h2*1-2,16H,(H,10,11)(H,12,13)(H,14,15);;;/q;;3*+2/p-6. The van der Waals surface area contributed by atoms with Crippen LogP contribution in [-0.2, 0) is 58.4 Å². The molecular formula is C18H6O12S2Zn3. The predicted molar refractivity (Wildman–Crippen MR) is 93.4 cm³/mol. The number of carboxylic acid groups (broad SMARTS) is 6. The van der Waals surface area contributed by atoms with Crippen molar-refractivity contribution in [1.29, 1.82) is 0 Å². The van der Waals surface area contributed by atoms with Crippen molar-refractivity contribution in [2.75, 3.05) is 0 Å². The number of hydrogen-bond donors (Lipinski definition) is 2. The SMILES string of the molecule is O=C([O-])c1cc(C(=O)[O-])c(S)c(C(=O)[O-])c1.O=C([O-])c1cc(C(=O)[O-])c(S)c(C(=O)[O-])c1.[Zn+2].[Zn+2].[Zn+2]. The summed E-state index contributed by atoms with van der Waals surface area (Å²) in [6.07, 6.45) is 0. The van der Waals surface area contributed by atoms with Gasteiger partial charge in [0.05, 0.1) is 35.8 Å². The molecule has 0 fully saturated rings. The molecule has 12 nitrogen and oxygen atoms in total. The van der Waals surface area contributed by atoms with Crippen LogP contribution in [0.2, 0.25) is 0 Å². The second-order valence-electron chi connectivity index (χ2n) is 5.56. The monoisotopic (exact) mass is 670 g/mol. The molecule has 2 rings (SSSR count). The number of benzene rings is 2. The molecule has 0 aliphatic heterocycles. The third kappa shape index (κ3) is 9.77. The topological polar surface area (TPSA) is 241 Å². The van der Waals surface area contributed by atoms with Crippen LogP contribution in [0.1, 0.15) is 62.1 Å². The molecule has 2 aromatic carbocycles. The maximum Gasteiger partial charge on any atom is 2.00 e. The Hall–Kier alpha value is -2.17. The maximum atomic E-state index is 10.6. The quantitative estimate of drug-likeness (QED) is 0.215. The van der Waals surface area contributed by atoms with E-state index >= 15 is 0 Å². The fourth-order valence-corrected chi connectivity index (χ4v) is 2.75. The minimum atomic E-state index is -1.74. The Morgan fingerprint density at radius 2 is 0.600 bits per heavy atom. The number of carbonyl (C=O) groups excluding carboxylic acids is 6. The van der Waals surface area contributed by atoms with Gasteiger partial charge in [-0.15, -0.1) is 25.3 Å². The minimum absolute atomic E-state index is 0. The van der Waals surface area contributed by atoms with E-state index in [1.807, 2.05) is 0 Å². The number of carboxylic acids is 6. The van der Waals surface area contributed by atoms with Gasteiger partial charge in [-0.1, -0.05) is 0 Å². The second-order valence-corrected chi connectivity index (χ2v) is 6.46. The van der Waals surface area contributed by atoms with Gasteiger partial charge < -0.3 is 59.4 Å². The van der Waals surface area contributed by atoms with E-state index in [9.17, 15) is 59.4 Å². The van der Waals surface area contributed by atoms with Gasteiger partial charge >= 0.3 is 58.4 Å². The molecule has 0 aliphatic rings. The zero-order chi connectivity index (χ0) is 24.9. The minimum Gasteiger partial charge on any atom is -0.545 e. The van der Waals surface area contributed by atoms with Crippen molar-refractivity contribution < 1.29 is 118 Å². The van der Waals surface area contributed by atoms with Crippen molar-refractivity contribution in [3.05, 3.63) is 57.6 Å². The first-order chi connectivity index (χ1) is 14.7. The van der Waals surface area contributed by atoms with Crippen LogP contribution in [0.4, 0.5) is 0 Å². The number of rotatable bonds is 6. The molecule has 35 heavy (non-hydrogen) atoms. The summed E-state index contributed by atoms with van der Waals surface area (Å²) >= 11 is 7.30. The average molecular weight is 675 g/mol. The summed E-state index contributed by atoms with van der Waals surface area (Å²) in [6, 6.07) is 2.83. The van der Waals surface area contributed by atoms with Gasteiger partial charge in [0.25, 0.3) is 0 Å². The van der Waals surface area contributed by atoms with Gasteiger partial charge in [0.1, 0.15) is 0 Å². The van der Waals surface area contributed by atoms with Gasteiger partial charge in [-0.25, -0.2) is 0 Å². The van der Waals surface area contributed by atoms with E-state index in [2.05, 4.69) is 25.3 Å². The van der Waals surface area contributed by atoms with Crippen LogP contribution in [-0.4, -0.2) is 35.8 Å². The smallest absolute Gasteiger partial charge is 0.545 e. The molecule has 17 heteroatoms. The summed E-state index contributed by atoms with van der Waals surface area (Å²) in [7, 11) is 0. The Morgan fingerprint density at radius 1 is 0.429 bits per heavy atom. The summed E-state index contributed by atoms with van der Waals surface area (Å²) in [5, 5.41) is 63.3. The first-order valence-electron chi connectivity index (χ1n) is 7.71. The van der Waals surface area contributed by atoms with Gasteiger partial charge in [-0.3, -0.25) is 0 Å². The van der Waals surface area contributed by atoms with Crippen molar-refractivity contribution in [3.63, 3.8) is 0 Å². The third-order valence-electron chi connectivity index (χ3n) is 3.57. The van der Waals surface area contributed by atoms with Crippen LogP contribution >= 0.6 is 25.3 Å². The zero-order valence-electron chi connectivity index (χ0n) is 17.2. The van der Waals surface area contributed by atoms with E-state index < -0.39 is 79.0 Å². The van der Waals surface area contributed by atoms with E-state index in [0.717, 1.165) is 0 Å². The van der Waals surface area contributed by atoms with Crippen LogP contribution in [0.5, 0.6) is 0 Å². The van der Waals surface area contributed by atoms with Gasteiger partial charge in [-0.2, -0.15) is 0 Å². The van der Waals surface area contributed by atoms with Gasteiger partial charge in [-0.05, 0) is 35.4 Å². The van der Waals surface area contributed by atoms with Crippen molar-refractivity contribution in [1.82, 2.24) is 0 Å². The Balaban J connectivity index is -0.000000539. The molecule has 0 saturated heterocycles. The van der Waals surface area contributed by atoms with E-state index in [0.29, 0.717) is 24.3 Å². The molecule has 0 atom stereocenters. The average Bonchev–Trinajstić information content (AvgIpc) is 2.67. The molecule has 0 amide bonds. The van der Waals surface area contributed by atoms with Crippen molar-refractivity contribution >= 4 is 61.1 Å². The van der Waals surface area contributed by atoms with Crippen LogP contribution < -0.4 is 30.6 Å². The van der Waals surface area contributed by atoms with E-state index in [-0.39, 0.29) is 58.4 Å².